The van der Waals surface area contributed by atoms with Crippen molar-refractivity contribution < 1.29 is 14.9 Å². The molecule has 0 aromatic heterocycles. The van der Waals surface area contributed by atoms with Gasteiger partial charge >= 0.3 is 0 Å². The fourth-order valence-electron chi connectivity index (χ4n) is 0.842. The van der Waals surface area contributed by atoms with Gasteiger partial charge in [-0.25, -0.2) is 0 Å². The second kappa shape index (κ2) is 9.77. The first-order chi connectivity index (χ1) is 6.70. The third kappa shape index (κ3) is 8.81. The molecule has 0 spiro atoms. The quantitative estimate of drug-likeness (QED) is 0.577. The second-order valence-electron chi connectivity index (χ2n) is 3.41. The molecule has 2 atom stereocenters. The van der Waals surface area contributed by atoms with Crippen LogP contribution in [0.25, 0.3) is 0 Å². The van der Waals surface area contributed by atoms with Gasteiger partial charge in [0, 0.05) is 17.6 Å². The van der Waals surface area contributed by atoms with Crippen LogP contribution in [0.15, 0.2) is 0 Å². The molecule has 0 aliphatic rings. The Morgan fingerprint density at radius 2 is 2.14 bits per heavy atom. The Balaban J connectivity index is 3.23. The predicted octanol–water partition coefficient (Wildman–Crippen LogP) is 1.28. The molecule has 0 rings (SSSR count). The van der Waals surface area contributed by atoms with Crippen LogP contribution >= 0.6 is 11.8 Å². The van der Waals surface area contributed by atoms with Crippen LogP contribution in [0.5, 0.6) is 0 Å². The summed E-state index contributed by atoms with van der Waals surface area (Å²) < 4.78 is 5.28. The number of unbranched alkanes of at least 4 members (excludes halogenated alkanes) is 1. The lowest BCUT2D eigenvalue weighted by atomic mass is 10.3. The molecule has 0 saturated heterocycles. The molecule has 86 valence electrons. The molecule has 4 heteroatoms. The molecule has 0 saturated carbocycles. The minimum Gasteiger partial charge on any atom is -0.395 e. The average Bonchev–Trinajstić information content (AvgIpc) is 2.21. The zero-order valence-electron chi connectivity index (χ0n) is 9.11. The number of thioether (sulfide) groups is 1. The lowest BCUT2D eigenvalue weighted by molar-refractivity contribution is 0.0472. The SMILES string of the molecule is CCCCOCC(O)CSC(C)CO. The van der Waals surface area contributed by atoms with E-state index in [1.807, 2.05) is 6.92 Å². The van der Waals surface area contributed by atoms with Gasteiger partial charge in [0.15, 0.2) is 0 Å². The van der Waals surface area contributed by atoms with Crippen LogP contribution in [0.3, 0.4) is 0 Å². The van der Waals surface area contributed by atoms with Gasteiger partial charge in [-0.3, -0.25) is 0 Å². The standard InChI is InChI=1S/C10H22O3S/c1-3-4-5-13-7-10(12)8-14-9(2)6-11/h9-12H,3-8H2,1-2H3. The maximum absolute atomic E-state index is 9.47. The first-order valence-electron chi connectivity index (χ1n) is 5.19. The van der Waals surface area contributed by atoms with Gasteiger partial charge in [0.2, 0.25) is 0 Å². The van der Waals surface area contributed by atoms with E-state index < -0.39 is 6.10 Å². The fourth-order valence-corrected chi connectivity index (χ4v) is 1.59. The molecule has 0 fully saturated rings. The Bertz CT molecular complexity index is 122. The van der Waals surface area contributed by atoms with Crippen molar-refractivity contribution in [3.63, 3.8) is 0 Å². The van der Waals surface area contributed by atoms with Gasteiger partial charge in [-0.2, -0.15) is 11.8 Å². The van der Waals surface area contributed by atoms with E-state index in [-0.39, 0.29) is 11.9 Å². The van der Waals surface area contributed by atoms with E-state index in [4.69, 9.17) is 9.84 Å². The van der Waals surface area contributed by atoms with Crippen LogP contribution in [0.2, 0.25) is 0 Å². The third-order valence-electron chi connectivity index (χ3n) is 1.78. The minimum absolute atomic E-state index is 0.161. The van der Waals surface area contributed by atoms with Crippen LogP contribution in [0.1, 0.15) is 26.7 Å². The van der Waals surface area contributed by atoms with E-state index in [0.29, 0.717) is 12.4 Å². The highest BCUT2D eigenvalue weighted by Crippen LogP contribution is 2.11. The largest absolute Gasteiger partial charge is 0.395 e. The number of ether oxygens (including phenoxy) is 1. The normalized spacial score (nSPS) is 15.4. The van der Waals surface area contributed by atoms with Crippen molar-refractivity contribution in [1.82, 2.24) is 0 Å². The smallest absolute Gasteiger partial charge is 0.0863 e. The predicted molar refractivity (Wildman–Crippen MR) is 60.7 cm³/mol. The lowest BCUT2D eigenvalue weighted by Gasteiger charge is -2.13. The highest BCUT2D eigenvalue weighted by atomic mass is 32.2. The molecule has 0 amide bonds. The zero-order chi connectivity index (χ0) is 10.8. The maximum Gasteiger partial charge on any atom is 0.0863 e. The summed E-state index contributed by atoms with van der Waals surface area (Å²) in [5, 5.41) is 18.4. The molecule has 0 aliphatic heterocycles. The summed E-state index contributed by atoms with van der Waals surface area (Å²) in [6.45, 7) is 5.35. The molecule has 0 heterocycles. The van der Waals surface area contributed by atoms with Gasteiger partial charge in [0.25, 0.3) is 0 Å². The Hall–Kier alpha value is 0.230. The number of rotatable bonds is 9. The number of aliphatic hydroxyl groups excluding tert-OH is 2. The van der Waals surface area contributed by atoms with E-state index >= 15 is 0 Å². The summed E-state index contributed by atoms with van der Waals surface area (Å²) in [6.07, 6.45) is 1.75. The van der Waals surface area contributed by atoms with E-state index in [2.05, 4.69) is 6.92 Å². The molecule has 0 aromatic carbocycles. The molecular weight excluding hydrogens is 200 g/mol. The second-order valence-corrected chi connectivity index (χ2v) is 4.88. The highest BCUT2D eigenvalue weighted by Gasteiger charge is 2.07. The van der Waals surface area contributed by atoms with Crippen LogP contribution in [-0.4, -0.2) is 47.1 Å². The zero-order valence-corrected chi connectivity index (χ0v) is 9.92. The van der Waals surface area contributed by atoms with E-state index in [1.165, 1.54) is 0 Å². The van der Waals surface area contributed by atoms with E-state index in [9.17, 15) is 5.11 Å². The maximum atomic E-state index is 9.47. The van der Waals surface area contributed by atoms with Gasteiger partial charge in [-0.15, -0.1) is 0 Å². The molecule has 0 bridgehead atoms. The molecule has 14 heavy (non-hydrogen) atoms. The summed E-state index contributed by atoms with van der Waals surface area (Å²) >= 11 is 1.57. The van der Waals surface area contributed by atoms with Crippen LogP contribution < -0.4 is 0 Å². The molecule has 2 unspecified atom stereocenters. The Labute approximate surface area is 90.8 Å². The molecule has 3 nitrogen and oxygen atoms in total. The third-order valence-corrected chi connectivity index (χ3v) is 3.08. The first kappa shape index (κ1) is 14.2. The average molecular weight is 222 g/mol. The van der Waals surface area contributed by atoms with Crippen LogP contribution in [0.4, 0.5) is 0 Å². The van der Waals surface area contributed by atoms with Crippen molar-refractivity contribution in [1.29, 1.82) is 0 Å². The summed E-state index contributed by atoms with van der Waals surface area (Å²) in [4.78, 5) is 0. The number of hydrogen-bond acceptors (Lipinski definition) is 4. The summed E-state index contributed by atoms with van der Waals surface area (Å²) in [5.41, 5.74) is 0. The van der Waals surface area contributed by atoms with Crippen molar-refractivity contribution in [2.45, 2.75) is 38.0 Å². The fraction of sp³-hybridized carbons (Fsp3) is 1.00. The van der Waals surface area contributed by atoms with Gasteiger partial charge in [-0.05, 0) is 6.42 Å². The van der Waals surface area contributed by atoms with Gasteiger partial charge in [-0.1, -0.05) is 20.3 Å². The summed E-state index contributed by atoms with van der Waals surface area (Å²) in [7, 11) is 0. The summed E-state index contributed by atoms with van der Waals surface area (Å²) in [5.74, 6) is 0.633. The Kier molecular flexibility index (Phi) is 9.93. The monoisotopic (exact) mass is 222 g/mol. The Morgan fingerprint density at radius 3 is 2.71 bits per heavy atom. The number of hydrogen-bond donors (Lipinski definition) is 2. The first-order valence-corrected chi connectivity index (χ1v) is 6.23. The van der Waals surface area contributed by atoms with Crippen LogP contribution in [0, 0.1) is 0 Å². The summed E-state index contributed by atoms with van der Waals surface area (Å²) in [6, 6.07) is 0. The van der Waals surface area contributed by atoms with Crippen LogP contribution in [-0.2, 0) is 4.74 Å². The minimum atomic E-state index is -0.411. The van der Waals surface area contributed by atoms with E-state index in [1.54, 1.807) is 11.8 Å². The molecule has 0 aliphatic carbocycles. The van der Waals surface area contributed by atoms with Crippen molar-refractivity contribution in [3.05, 3.63) is 0 Å². The lowest BCUT2D eigenvalue weighted by Crippen LogP contribution is -2.20. The number of aliphatic hydroxyl groups is 2. The van der Waals surface area contributed by atoms with E-state index in [0.717, 1.165) is 19.4 Å². The highest BCUT2D eigenvalue weighted by molar-refractivity contribution is 7.99. The van der Waals surface area contributed by atoms with Gasteiger partial charge < -0.3 is 14.9 Å². The van der Waals surface area contributed by atoms with Gasteiger partial charge in [0.1, 0.15) is 0 Å². The molecule has 0 aromatic rings. The van der Waals surface area contributed by atoms with Crippen molar-refractivity contribution in [2.24, 2.45) is 0 Å². The van der Waals surface area contributed by atoms with Crippen molar-refractivity contribution in [3.8, 4) is 0 Å². The molecule has 2 N–H and O–H groups in total. The Morgan fingerprint density at radius 1 is 1.43 bits per heavy atom. The molecule has 0 radical (unpaired) electrons. The van der Waals surface area contributed by atoms with Crippen molar-refractivity contribution in [2.75, 3.05) is 25.6 Å². The van der Waals surface area contributed by atoms with Gasteiger partial charge in [0.05, 0.1) is 19.3 Å². The van der Waals surface area contributed by atoms with Crippen molar-refractivity contribution >= 4 is 11.8 Å². The molecular formula is C10H22O3S. The topological polar surface area (TPSA) is 49.7 Å².